The first-order chi connectivity index (χ1) is 9.20. The third-order valence-electron chi connectivity index (χ3n) is 3.55. The van der Waals surface area contributed by atoms with Gasteiger partial charge in [0.15, 0.2) is 0 Å². The van der Waals surface area contributed by atoms with Crippen LogP contribution < -0.4 is 11.1 Å². The molecule has 0 fully saturated rings. The van der Waals surface area contributed by atoms with Crippen molar-refractivity contribution in [1.82, 2.24) is 5.32 Å². The first-order valence-corrected chi connectivity index (χ1v) is 6.96. The lowest BCUT2D eigenvalue weighted by Gasteiger charge is -2.26. The van der Waals surface area contributed by atoms with Gasteiger partial charge >= 0.3 is 0 Å². The lowest BCUT2D eigenvalue weighted by Crippen LogP contribution is -2.43. The Kier molecular flexibility index (Phi) is 4.80. The van der Waals surface area contributed by atoms with Gasteiger partial charge in [0.2, 0.25) is 5.91 Å². The van der Waals surface area contributed by atoms with Crippen molar-refractivity contribution in [1.29, 1.82) is 0 Å². The molecule has 104 valence electrons. The lowest BCUT2D eigenvalue weighted by molar-refractivity contribution is -0.122. The molecule has 4 nitrogen and oxygen atoms in total. The van der Waals surface area contributed by atoms with E-state index in [1.807, 2.05) is 18.2 Å². The second-order valence-corrected chi connectivity index (χ2v) is 5.06. The molecule has 19 heavy (non-hydrogen) atoms. The van der Waals surface area contributed by atoms with E-state index in [9.17, 15) is 4.79 Å². The number of hydrogen-bond donors (Lipinski definition) is 2. The topological polar surface area (TPSA) is 68.3 Å². The first kappa shape index (κ1) is 13.9. The van der Waals surface area contributed by atoms with E-state index in [1.165, 1.54) is 0 Å². The smallest absolute Gasteiger partial charge is 0.222 e. The third kappa shape index (κ3) is 3.70. The van der Waals surface area contributed by atoms with Gasteiger partial charge in [-0.1, -0.05) is 19.1 Å². The van der Waals surface area contributed by atoms with E-state index in [4.69, 9.17) is 10.2 Å². The average Bonchev–Trinajstić information content (AvgIpc) is 2.85. The fourth-order valence-corrected chi connectivity index (χ4v) is 2.48. The second kappa shape index (κ2) is 6.57. The molecule has 3 N–H and O–H groups in total. The van der Waals surface area contributed by atoms with Gasteiger partial charge in [-0.2, -0.15) is 0 Å². The SMILES string of the molecule is CCCc1ccc(CN[C@@H]2CC=CC[C@H]2C(N)=O)o1. The summed E-state index contributed by atoms with van der Waals surface area (Å²) < 4.78 is 5.71. The van der Waals surface area contributed by atoms with Gasteiger partial charge in [0.25, 0.3) is 0 Å². The van der Waals surface area contributed by atoms with Crippen LogP contribution in [0.1, 0.15) is 37.7 Å². The number of rotatable bonds is 6. The summed E-state index contributed by atoms with van der Waals surface area (Å²) in [4.78, 5) is 11.4. The van der Waals surface area contributed by atoms with Gasteiger partial charge in [0.1, 0.15) is 11.5 Å². The Bertz CT molecular complexity index is 451. The van der Waals surface area contributed by atoms with Crippen LogP contribution in [-0.2, 0) is 17.8 Å². The maximum atomic E-state index is 11.4. The first-order valence-electron chi connectivity index (χ1n) is 6.96. The molecule has 1 aliphatic rings. The Balaban J connectivity index is 1.89. The van der Waals surface area contributed by atoms with E-state index in [0.29, 0.717) is 6.54 Å². The quantitative estimate of drug-likeness (QED) is 0.772. The van der Waals surface area contributed by atoms with Crippen molar-refractivity contribution >= 4 is 5.91 Å². The fraction of sp³-hybridized carbons (Fsp3) is 0.533. The highest BCUT2D eigenvalue weighted by Crippen LogP contribution is 2.19. The van der Waals surface area contributed by atoms with Crippen molar-refractivity contribution in [2.75, 3.05) is 0 Å². The number of nitrogens with one attached hydrogen (secondary N) is 1. The normalized spacial score (nSPS) is 22.6. The standard InChI is InChI=1S/C15H22N2O2/c1-2-5-11-8-9-12(19-11)10-17-14-7-4-3-6-13(14)15(16)18/h3-4,8-9,13-14,17H,2,5-7,10H2,1H3,(H2,16,18)/t13-,14-/m1/s1. The number of carbonyl (C=O) groups excluding carboxylic acids is 1. The molecule has 1 aliphatic carbocycles. The van der Waals surface area contributed by atoms with Gasteiger partial charge in [0, 0.05) is 12.5 Å². The van der Waals surface area contributed by atoms with Crippen molar-refractivity contribution in [2.45, 2.75) is 45.2 Å². The van der Waals surface area contributed by atoms with Crippen molar-refractivity contribution in [2.24, 2.45) is 11.7 Å². The van der Waals surface area contributed by atoms with Crippen LogP contribution in [0.25, 0.3) is 0 Å². The molecule has 0 bridgehead atoms. The van der Waals surface area contributed by atoms with Gasteiger partial charge in [-0.15, -0.1) is 0 Å². The van der Waals surface area contributed by atoms with E-state index in [2.05, 4.69) is 18.3 Å². The van der Waals surface area contributed by atoms with Crippen molar-refractivity contribution in [3.8, 4) is 0 Å². The monoisotopic (exact) mass is 262 g/mol. The maximum absolute atomic E-state index is 11.4. The Hall–Kier alpha value is -1.55. The maximum Gasteiger partial charge on any atom is 0.222 e. The Morgan fingerprint density at radius 1 is 1.37 bits per heavy atom. The van der Waals surface area contributed by atoms with Crippen LogP contribution in [0, 0.1) is 5.92 Å². The minimum absolute atomic E-state index is 0.113. The zero-order chi connectivity index (χ0) is 13.7. The van der Waals surface area contributed by atoms with Crippen LogP contribution in [0.2, 0.25) is 0 Å². The van der Waals surface area contributed by atoms with E-state index >= 15 is 0 Å². The van der Waals surface area contributed by atoms with Gasteiger partial charge < -0.3 is 15.5 Å². The molecule has 0 unspecified atom stereocenters. The zero-order valence-electron chi connectivity index (χ0n) is 11.4. The van der Waals surface area contributed by atoms with E-state index in [1.54, 1.807) is 0 Å². The number of primary amides is 1. The fourth-order valence-electron chi connectivity index (χ4n) is 2.48. The van der Waals surface area contributed by atoms with Crippen LogP contribution in [-0.4, -0.2) is 11.9 Å². The van der Waals surface area contributed by atoms with Crippen LogP contribution in [0.3, 0.4) is 0 Å². The van der Waals surface area contributed by atoms with Crippen molar-refractivity contribution < 1.29 is 9.21 Å². The van der Waals surface area contributed by atoms with Gasteiger partial charge in [0.05, 0.1) is 12.5 Å². The van der Waals surface area contributed by atoms with Crippen molar-refractivity contribution in [3.63, 3.8) is 0 Å². The molecule has 0 aromatic carbocycles. The highest BCUT2D eigenvalue weighted by Gasteiger charge is 2.26. The summed E-state index contributed by atoms with van der Waals surface area (Å²) in [5, 5.41) is 3.38. The average molecular weight is 262 g/mol. The summed E-state index contributed by atoms with van der Waals surface area (Å²) in [6.45, 7) is 2.78. The Morgan fingerprint density at radius 3 is 2.84 bits per heavy atom. The summed E-state index contributed by atoms with van der Waals surface area (Å²) in [6.07, 6.45) is 7.75. The molecule has 2 rings (SSSR count). The van der Waals surface area contributed by atoms with Crippen LogP contribution in [0.5, 0.6) is 0 Å². The number of amides is 1. The minimum atomic E-state index is -0.229. The number of aryl methyl sites for hydroxylation is 1. The molecule has 4 heteroatoms. The third-order valence-corrected chi connectivity index (χ3v) is 3.55. The summed E-state index contributed by atoms with van der Waals surface area (Å²) in [7, 11) is 0. The van der Waals surface area contributed by atoms with Crippen LogP contribution in [0.4, 0.5) is 0 Å². The van der Waals surface area contributed by atoms with Gasteiger partial charge in [-0.05, 0) is 31.4 Å². The number of carbonyl (C=O) groups is 1. The summed E-state index contributed by atoms with van der Waals surface area (Å²) in [5.74, 6) is 1.60. The molecule has 1 aromatic heterocycles. The van der Waals surface area contributed by atoms with E-state index < -0.39 is 0 Å². The number of hydrogen-bond acceptors (Lipinski definition) is 3. The van der Waals surface area contributed by atoms with Crippen LogP contribution >= 0.6 is 0 Å². The molecule has 0 radical (unpaired) electrons. The van der Waals surface area contributed by atoms with E-state index in [-0.39, 0.29) is 17.9 Å². The molecule has 1 aromatic rings. The molecule has 1 heterocycles. The number of allylic oxidation sites excluding steroid dienone is 1. The molecule has 0 saturated carbocycles. The summed E-state index contributed by atoms with van der Waals surface area (Å²) >= 11 is 0. The molecule has 0 aliphatic heterocycles. The predicted molar refractivity (Wildman–Crippen MR) is 74.4 cm³/mol. The molecule has 0 saturated heterocycles. The number of nitrogens with two attached hydrogens (primary N) is 1. The minimum Gasteiger partial charge on any atom is -0.465 e. The number of furan rings is 1. The predicted octanol–water partition coefficient (Wildman–Crippen LogP) is 2.14. The van der Waals surface area contributed by atoms with E-state index in [0.717, 1.165) is 37.2 Å². The van der Waals surface area contributed by atoms with Gasteiger partial charge in [-0.25, -0.2) is 0 Å². The molecular weight excluding hydrogens is 240 g/mol. The van der Waals surface area contributed by atoms with Crippen molar-refractivity contribution in [3.05, 3.63) is 35.8 Å². The van der Waals surface area contributed by atoms with Crippen LogP contribution in [0.15, 0.2) is 28.7 Å². The largest absolute Gasteiger partial charge is 0.465 e. The summed E-state index contributed by atoms with van der Waals surface area (Å²) in [6, 6.07) is 4.13. The lowest BCUT2D eigenvalue weighted by atomic mass is 9.88. The Morgan fingerprint density at radius 2 is 2.11 bits per heavy atom. The van der Waals surface area contributed by atoms with Gasteiger partial charge in [-0.3, -0.25) is 4.79 Å². The Labute approximate surface area is 114 Å². The zero-order valence-corrected chi connectivity index (χ0v) is 11.4. The second-order valence-electron chi connectivity index (χ2n) is 5.06. The molecule has 2 atom stereocenters. The molecule has 1 amide bonds. The highest BCUT2D eigenvalue weighted by molar-refractivity contribution is 5.77. The highest BCUT2D eigenvalue weighted by atomic mass is 16.3. The summed E-state index contributed by atoms with van der Waals surface area (Å²) in [5.41, 5.74) is 5.43. The molecular formula is C15H22N2O2. The molecule has 0 spiro atoms.